The van der Waals surface area contributed by atoms with Gasteiger partial charge in [-0.3, -0.25) is 0 Å². The first kappa shape index (κ1) is 10.3. The molecule has 1 aromatic rings. The monoisotopic (exact) mass is 177 g/mol. The highest BCUT2D eigenvalue weighted by atomic mass is 14.6. The average Bonchev–Trinajstić information content (AvgIpc) is 2.04. The maximum atomic E-state index is 6.01. The molecule has 0 saturated heterocycles. The number of hydrogen-bond donors (Lipinski definition) is 1. The van der Waals surface area contributed by atoms with Crippen molar-refractivity contribution >= 4 is 0 Å². The molecule has 0 aliphatic rings. The summed E-state index contributed by atoms with van der Waals surface area (Å²) in [6, 6.07) is 10.8. The molecule has 0 saturated carbocycles. The second kappa shape index (κ2) is 5.03. The molecule has 0 fully saturated rings. The fourth-order valence-corrected chi connectivity index (χ4v) is 1.61. The summed E-state index contributed by atoms with van der Waals surface area (Å²) in [6.45, 7) is 4.43. The Bertz CT molecular complexity index is 228. The summed E-state index contributed by atoms with van der Waals surface area (Å²) in [5, 5.41) is 0. The van der Waals surface area contributed by atoms with E-state index in [4.69, 9.17) is 5.73 Å². The Kier molecular flexibility index (Phi) is 3.97. The molecule has 0 aliphatic carbocycles. The van der Waals surface area contributed by atoms with Gasteiger partial charge in [0.1, 0.15) is 0 Å². The lowest BCUT2D eigenvalue weighted by atomic mass is 9.98. The molecule has 1 aromatic carbocycles. The van der Waals surface area contributed by atoms with E-state index in [2.05, 4.69) is 38.1 Å². The molecule has 0 spiro atoms. The minimum Gasteiger partial charge on any atom is -0.327 e. The summed E-state index contributed by atoms with van der Waals surface area (Å²) < 4.78 is 0. The lowest BCUT2D eigenvalue weighted by molar-refractivity contribution is 0.493. The van der Waals surface area contributed by atoms with Crippen LogP contribution in [-0.2, 0) is 6.42 Å². The fraction of sp³-hybridized carbons (Fsp3) is 0.500. The predicted molar refractivity (Wildman–Crippen MR) is 57.6 cm³/mol. The third-order valence-corrected chi connectivity index (χ3v) is 2.11. The van der Waals surface area contributed by atoms with Crippen molar-refractivity contribution in [3.05, 3.63) is 35.9 Å². The molecule has 13 heavy (non-hydrogen) atoms. The summed E-state index contributed by atoms with van der Waals surface area (Å²) in [5.74, 6) is 0.693. The Hall–Kier alpha value is -0.820. The van der Waals surface area contributed by atoms with Gasteiger partial charge in [-0.2, -0.15) is 0 Å². The highest BCUT2D eigenvalue weighted by molar-refractivity contribution is 5.15. The second-order valence-corrected chi connectivity index (χ2v) is 4.08. The maximum absolute atomic E-state index is 6.01. The molecule has 0 heterocycles. The van der Waals surface area contributed by atoms with Gasteiger partial charge in [0, 0.05) is 6.04 Å². The minimum absolute atomic E-state index is 0.308. The Morgan fingerprint density at radius 2 is 1.77 bits per heavy atom. The number of nitrogens with two attached hydrogens (primary N) is 1. The van der Waals surface area contributed by atoms with Crippen molar-refractivity contribution in [1.82, 2.24) is 0 Å². The van der Waals surface area contributed by atoms with Crippen molar-refractivity contribution < 1.29 is 0 Å². The lowest BCUT2D eigenvalue weighted by Gasteiger charge is -2.13. The predicted octanol–water partition coefficient (Wildman–Crippen LogP) is 2.60. The first-order valence-electron chi connectivity index (χ1n) is 4.98. The van der Waals surface area contributed by atoms with Crippen LogP contribution in [-0.4, -0.2) is 6.04 Å². The summed E-state index contributed by atoms with van der Waals surface area (Å²) in [5.41, 5.74) is 7.35. The van der Waals surface area contributed by atoms with Crippen LogP contribution in [0.4, 0.5) is 0 Å². The van der Waals surface area contributed by atoms with Gasteiger partial charge in [-0.15, -0.1) is 0 Å². The molecule has 0 aromatic heterocycles. The zero-order valence-corrected chi connectivity index (χ0v) is 8.53. The van der Waals surface area contributed by atoms with Crippen LogP contribution >= 0.6 is 0 Å². The highest BCUT2D eigenvalue weighted by Gasteiger charge is 2.05. The van der Waals surface area contributed by atoms with E-state index in [0.717, 1.165) is 12.8 Å². The molecule has 1 rings (SSSR count). The summed E-state index contributed by atoms with van der Waals surface area (Å²) in [4.78, 5) is 0. The van der Waals surface area contributed by atoms with Gasteiger partial charge in [0.25, 0.3) is 0 Å². The molecular formula is C12H19N. The fourth-order valence-electron chi connectivity index (χ4n) is 1.61. The van der Waals surface area contributed by atoms with Gasteiger partial charge in [-0.1, -0.05) is 44.2 Å². The van der Waals surface area contributed by atoms with Gasteiger partial charge in [-0.25, -0.2) is 0 Å². The maximum Gasteiger partial charge on any atom is 0.00817 e. The largest absolute Gasteiger partial charge is 0.327 e. The summed E-state index contributed by atoms with van der Waals surface area (Å²) in [7, 11) is 0. The number of rotatable bonds is 4. The van der Waals surface area contributed by atoms with E-state index in [-0.39, 0.29) is 0 Å². The summed E-state index contributed by atoms with van der Waals surface area (Å²) in [6.07, 6.45) is 2.11. The molecule has 0 radical (unpaired) electrons. The Balaban J connectivity index is 2.41. The molecule has 1 nitrogen and oxygen atoms in total. The van der Waals surface area contributed by atoms with Crippen LogP contribution in [0.15, 0.2) is 30.3 Å². The standard InChI is InChI=1S/C12H19N/c1-10(2)8-12(13)9-11-6-4-3-5-7-11/h3-7,10,12H,8-9,13H2,1-2H3. The molecule has 72 valence electrons. The van der Waals surface area contributed by atoms with Crippen molar-refractivity contribution in [2.24, 2.45) is 11.7 Å². The molecule has 0 amide bonds. The molecule has 0 bridgehead atoms. The van der Waals surface area contributed by atoms with Gasteiger partial charge in [0.15, 0.2) is 0 Å². The van der Waals surface area contributed by atoms with E-state index in [1.807, 2.05) is 6.07 Å². The van der Waals surface area contributed by atoms with Crippen molar-refractivity contribution in [2.45, 2.75) is 32.7 Å². The third kappa shape index (κ3) is 4.09. The van der Waals surface area contributed by atoms with E-state index in [0.29, 0.717) is 12.0 Å². The molecule has 1 heteroatoms. The van der Waals surface area contributed by atoms with E-state index in [1.165, 1.54) is 5.56 Å². The Labute approximate surface area is 81.0 Å². The average molecular weight is 177 g/mol. The first-order valence-corrected chi connectivity index (χ1v) is 4.98. The van der Waals surface area contributed by atoms with Crippen LogP contribution in [0.5, 0.6) is 0 Å². The molecular weight excluding hydrogens is 158 g/mol. The van der Waals surface area contributed by atoms with Crippen LogP contribution < -0.4 is 5.73 Å². The van der Waals surface area contributed by atoms with Crippen LogP contribution in [0, 0.1) is 5.92 Å². The SMILES string of the molecule is CC(C)CC(N)Cc1ccccc1. The van der Waals surface area contributed by atoms with Crippen molar-refractivity contribution in [2.75, 3.05) is 0 Å². The third-order valence-electron chi connectivity index (χ3n) is 2.11. The van der Waals surface area contributed by atoms with Gasteiger partial charge < -0.3 is 5.73 Å². The smallest absolute Gasteiger partial charge is 0.00817 e. The number of benzene rings is 1. The van der Waals surface area contributed by atoms with Gasteiger partial charge in [-0.05, 0) is 24.3 Å². The normalized spacial score (nSPS) is 13.2. The van der Waals surface area contributed by atoms with Crippen LogP contribution in [0.25, 0.3) is 0 Å². The van der Waals surface area contributed by atoms with Crippen molar-refractivity contribution in [3.8, 4) is 0 Å². The Morgan fingerprint density at radius 3 is 2.31 bits per heavy atom. The quantitative estimate of drug-likeness (QED) is 0.751. The zero-order chi connectivity index (χ0) is 9.68. The zero-order valence-electron chi connectivity index (χ0n) is 8.53. The molecule has 0 aliphatic heterocycles. The first-order chi connectivity index (χ1) is 6.18. The molecule has 1 unspecified atom stereocenters. The molecule has 2 N–H and O–H groups in total. The van der Waals surface area contributed by atoms with E-state index >= 15 is 0 Å². The van der Waals surface area contributed by atoms with Crippen LogP contribution in [0.2, 0.25) is 0 Å². The van der Waals surface area contributed by atoms with Gasteiger partial charge >= 0.3 is 0 Å². The molecule has 1 atom stereocenters. The van der Waals surface area contributed by atoms with Crippen molar-refractivity contribution in [3.63, 3.8) is 0 Å². The van der Waals surface area contributed by atoms with Crippen LogP contribution in [0.1, 0.15) is 25.8 Å². The minimum atomic E-state index is 0.308. The van der Waals surface area contributed by atoms with E-state index in [9.17, 15) is 0 Å². The van der Waals surface area contributed by atoms with Gasteiger partial charge in [0.2, 0.25) is 0 Å². The van der Waals surface area contributed by atoms with E-state index < -0.39 is 0 Å². The topological polar surface area (TPSA) is 26.0 Å². The summed E-state index contributed by atoms with van der Waals surface area (Å²) >= 11 is 0. The van der Waals surface area contributed by atoms with Crippen molar-refractivity contribution in [1.29, 1.82) is 0 Å². The van der Waals surface area contributed by atoms with Crippen LogP contribution in [0.3, 0.4) is 0 Å². The number of hydrogen-bond acceptors (Lipinski definition) is 1. The Morgan fingerprint density at radius 1 is 1.15 bits per heavy atom. The van der Waals surface area contributed by atoms with E-state index in [1.54, 1.807) is 0 Å². The highest BCUT2D eigenvalue weighted by Crippen LogP contribution is 2.08. The van der Waals surface area contributed by atoms with Gasteiger partial charge in [0.05, 0.1) is 0 Å². The lowest BCUT2D eigenvalue weighted by Crippen LogP contribution is -2.24. The second-order valence-electron chi connectivity index (χ2n) is 4.08.